The number of hydrogen-bond acceptors (Lipinski definition) is 5. The van der Waals surface area contributed by atoms with Gasteiger partial charge in [-0.15, -0.1) is 0 Å². The van der Waals surface area contributed by atoms with Gasteiger partial charge in [0.05, 0.1) is 19.5 Å². The van der Waals surface area contributed by atoms with Gasteiger partial charge in [0.25, 0.3) is 5.91 Å². The van der Waals surface area contributed by atoms with E-state index < -0.39 is 0 Å². The average molecular weight is 340 g/mol. The van der Waals surface area contributed by atoms with Crippen LogP contribution in [0.5, 0.6) is 5.75 Å². The van der Waals surface area contributed by atoms with Crippen molar-refractivity contribution in [1.82, 2.24) is 14.9 Å². The molecule has 2 aromatic rings. The lowest BCUT2D eigenvalue weighted by atomic mass is 10.0. The van der Waals surface area contributed by atoms with Crippen molar-refractivity contribution in [3.63, 3.8) is 0 Å². The number of carbonyl (C=O) groups excluding carboxylic acids is 1. The molecule has 1 fully saturated rings. The Morgan fingerprint density at radius 2 is 2.08 bits per heavy atom. The summed E-state index contributed by atoms with van der Waals surface area (Å²) in [4.78, 5) is 23.0. The third-order valence-electron chi connectivity index (χ3n) is 4.45. The fraction of sp³-hybridized carbons (Fsp3) is 0.421. The lowest BCUT2D eigenvalue weighted by molar-refractivity contribution is 0.0676. The molecule has 0 aliphatic carbocycles. The Hall–Kier alpha value is -2.63. The number of piperidine rings is 1. The molecular formula is C19H24N4O2. The molecule has 1 aliphatic rings. The number of nitrogens with one attached hydrogen (secondary N) is 1. The molecule has 1 N–H and O–H groups in total. The number of anilines is 1. The average Bonchev–Trinajstić information content (AvgIpc) is 2.66. The molecule has 3 rings (SSSR count). The first-order valence-electron chi connectivity index (χ1n) is 8.64. The minimum atomic E-state index is -0.0271. The van der Waals surface area contributed by atoms with Gasteiger partial charge in [0.15, 0.2) is 0 Å². The summed E-state index contributed by atoms with van der Waals surface area (Å²) in [6.45, 7) is 4.42. The minimum Gasteiger partial charge on any atom is -0.497 e. The van der Waals surface area contributed by atoms with Gasteiger partial charge < -0.3 is 15.0 Å². The van der Waals surface area contributed by atoms with Crippen molar-refractivity contribution >= 4 is 11.7 Å². The van der Waals surface area contributed by atoms with E-state index in [1.807, 2.05) is 29.2 Å². The van der Waals surface area contributed by atoms with Gasteiger partial charge in [-0.2, -0.15) is 0 Å². The first kappa shape index (κ1) is 17.2. The van der Waals surface area contributed by atoms with E-state index >= 15 is 0 Å². The van der Waals surface area contributed by atoms with E-state index in [4.69, 9.17) is 4.74 Å². The molecule has 1 amide bonds. The van der Waals surface area contributed by atoms with Crippen LogP contribution in [-0.2, 0) is 6.54 Å². The van der Waals surface area contributed by atoms with E-state index in [0.29, 0.717) is 24.0 Å². The highest BCUT2D eigenvalue weighted by atomic mass is 16.5. The van der Waals surface area contributed by atoms with Crippen LogP contribution in [0.3, 0.4) is 0 Å². The first-order chi connectivity index (χ1) is 12.2. The van der Waals surface area contributed by atoms with Crippen LogP contribution < -0.4 is 10.1 Å². The van der Waals surface area contributed by atoms with Gasteiger partial charge in [0.1, 0.15) is 17.3 Å². The van der Waals surface area contributed by atoms with Crippen LogP contribution in [0.2, 0.25) is 0 Å². The highest BCUT2D eigenvalue weighted by Gasteiger charge is 2.23. The molecule has 1 atom stereocenters. The second-order valence-corrected chi connectivity index (χ2v) is 6.49. The van der Waals surface area contributed by atoms with Crippen LogP contribution >= 0.6 is 0 Å². The Labute approximate surface area is 148 Å². The molecular weight excluding hydrogens is 316 g/mol. The van der Waals surface area contributed by atoms with Gasteiger partial charge in [-0.25, -0.2) is 9.97 Å². The smallest absolute Gasteiger partial charge is 0.274 e. The number of benzene rings is 1. The Bertz CT molecular complexity index is 700. The van der Waals surface area contributed by atoms with Crippen LogP contribution in [0.25, 0.3) is 0 Å². The highest BCUT2D eigenvalue weighted by Crippen LogP contribution is 2.17. The number of amides is 1. The predicted molar refractivity (Wildman–Crippen MR) is 96.7 cm³/mol. The SMILES string of the molecule is COc1ccc(CNc2cnc(C(=O)N3CCCC(C)C3)cn2)cc1. The third-order valence-corrected chi connectivity index (χ3v) is 4.45. The molecule has 132 valence electrons. The highest BCUT2D eigenvalue weighted by molar-refractivity contribution is 5.92. The summed E-state index contributed by atoms with van der Waals surface area (Å²) in [5.74, 6) is 2.01. The second kappa shape index (κ2) is 7.96. The quantitative estimate of drug-likeness (QED) is 0.906. The summed E-state index contributed by atoms with van der Waals surface area (Å²) in [6.07, 6.45) is 5.41. The van der Waals surface area contributed by atoms with Crippen molar-refractivity contribution < 1.29 is 9.53 Å². The van der Waals surface area contributed by atoms with E-state index in [9.17, 15) is 4.79 Å². The van der Waals surface area contributed by atoms with Gasteiger partial charge in [-0.05, 0) is 36.5 Å². The number of aromatic nitrogens is 2. The Kier molecular flexibility index (Phi) is 5.48. The van der Waals surface area contributed by atoms with Crippen molar-refractivity contribution in [3.05, 3.63) is 47.9 Å². The molecule has 6 heteroatoms. The summed E-state index contributed by atoms with van der Waals surface area (Å²) in [6, 6.07) is 7.83. The van der Waals surface area contributed by atoms with E-state index in [-0.39, 0.29) is 5.91 Å². The minimum absolute atomic E-state index is 0.0271. The maximum absolute atomic E-state index is 12.5. The van der Waals surface area contributed by atoms with Crippen LogP contribution in [-0.4, -0.2) is 41.0 Å². The molecule has 1 aromatic carbocycles. The summed E-state index contributed by atoms with van der Waals surface area (Å²) in [5.41, 5.74) is 1.52. The molecule has 1 saturated heterocycles. The monoisotopic (exact) mass is 340 g/mol. The van der Waals surface area contributed by atoms with E-state index in [0.717, 1.165) is 30.8 Å². The van der Waals surface area contributed by atoms with Crippen molar-refractivity contribution in [2.75, 3.05) is 25.5 Å². The maximum Gasteiger partial charge on any atom is 0.274 e. The summed E-state index contributed by atoms with van der Waals surface area (Å²) < 4.78 is 5.15. The van der Waals surface area contributed by atoms with Gasteiger partial charge in [-0.1, -0.05) is 19.1 Å². The first-order valence-corrected chi connectivity index (χ1v) is 8.64. The van der Waals surface area contributed by atoms with Crippen LogP contribution in [0.4, 0.5) is 5.82 Å². The van der Waals surface area contributed by atoms with Crippen molar-refractivity contribution in [2.24, 2.45) is 5.92 Å². The Morgan fingerprint density at radius 3 is 2.72 bits per heavy atom. The zero-order valence-corrected chi connectivity index (χ0v) is 14.7. The fourth-order valence-electron chi connectivity index (χ4n) is 3.00. The molecule has 6 nitrogen and oxygen atoms in total. The maximum atomic E-state index is 12.5. The molecule has 0 bridgehead atoms. The summed E-state index contributed by atoms with van der Waals surface area (Å²) in [7, 11) is 1.65. The largest absolute Gasteiger partial charge is 0.497 e. The summed E-state index contributed by atoms with van der Waals surface area (Å²) >= 11 is 0. The number of methoxy groups -OCH3 is 1. The normalized spacial score (nSPS) is 17.2. The van der Waals surface area contributed by atoms with Crippen molar-refractivity contribution in [3.8, 4) is 5.75 Å². The number of nitrogens with zero attached hydrogens (tertiary/aromatic N) is 3. The number of hydrogen-bond donors (Lipinski definition) is 1. The molecule has 0 saturated carbocycles. The Balaban J connectivity index is 1.57. The molecule has 2 heterocycles. The molecule has 1 aliphatic heterocycles. The molecule has 25 heavy (non-hydrogen) atoms. The van der Waals surface area contributed by atoms with E-state index in [1.165, 1.54) is 6.42 Å². The van der Waals surface area contributed by atoms with Crippen molar-refractivity contribution in [2.45, 2.75) is 26.3 Å². The van der Waals surface area contributed by atoms with Gasteiger partial charge in [0.2, 0.25) is 0 Å². The Morgan fingerprint density at radius 1 is 1.28 bits per heavy atom. The topological polar surface area (TPSA) is 67.3 Å². The summed E-state index contributed by atoms with van der Waals surface area (Å²) in [5, 5.41) is 3.21. The van der Waals surface area contributed by atoms with Gasteiger partial charge in [-0.3, -0.25) is 4.79 Å². The van der Waals surface area contributed by atoms with Gasteiger partial charge in [0, 0.05) is 19.6 Å². The predicted octanol–water partition coefficient (Wildman–Crippen LogP) is 2.97. The number of carbonyl (C=O) groups is 1. The van der Waals surface area contributed by atoms with Crippen LogP contribution in [0, 0.1) is 5.92 Å². The lowest BCUT2D eigenvalue weighted by Crippen LogP contribution is -2.39. The number of ether oxygens (including phenoxy) is 1. The fourth-order valence-corrected chi connectivity index (χ4v) is 3.00. The zero-order valence-electron chi connectivity index (χ0n) is 14.7. The number of rotatable bonds is 5. The third kappa shape index (κ3) is 4.47. The number of likely N-dealkylation sites (tertiary alicyclic amines) is 1. The van der Waals surface area contributed by atoms with Crippen LogP contribution in [0.15, 0.2) is 36.7 Å². The molecule has 0 radical (unpaired) electrons. The molecule has 1 aromatic heterocycles. The van der Waals surface area contributed by atoms with Crippen molar-refractivity contribution in [1.29, 1.82) is 0 Å². The van der Waals surface area contributed by atoms with Crippen LogP contribution in [0.1, 0.15) is 35.8 Å². The molecule has 1 unspecified atom stereocenters. The standard InChI is InChI=1S/C19H24N4O2/c1-14-4-3-9-23(13-14)19(24)17-11-22-18(12-20-17)21-10-15-5-7-16(25-2)8-6-15/h5-8,11-12,14H,3-4,9-10,13H2,1-2H3,(H,21,22). The lowest BCUT2D eigenvalue weighted by Gasteiger charge is -2.30. The molecule has 0 spiro atoms. The zero-order chi connectivity index (χ0) is 17.6. The van der Waals surface area contributed by atoms with E-state index in [1.54, 1.807) is 19.5 Å². The van der Waals surface area contributed by atoms with E-state index in [2.05, 4.69) is 22.2 Å². The van der Waals surface area contributed by atoms with Gasteiger partial charge >= 0.3 is 0 Å². The second-order valence-electron chi connectivity index (χ2n) is 6.49.